The smallest absolute Gasteiger partial charge is 0.160 e. The number of para-hydroxylation sites is 10. The van der Waals surface area contributed by atoms with Gasteiger partial charge in [-0.05, 0) is 167 Å². The van der Waals surface area contributed by atoms with Gasteiger partial charge in [0.15, 0.2) is 34.8 Å². The Balaban J connectivity index is 0.000000103. The molecule has 0 spiro atoms. The zero-order chi connectivity index (χ0) is 99.2. The Labute approximate surface area is 864 Å². The standard InChI is InChI=1S/C35H27N3.C34H27N3Si.C32H21N3O.C32H21N3S/c1-35(2)28-17-9-11-19-31(28)38(32-20-12-10-18-29(32)35)26-21-22-27-30(23-26)36-34(25-15-7-4-8-16-25)37-33(27)24-13-5-3-6-14-24;1-38(2)31-19-11-9-17-29(31)37(30-18-10-12-20-32(30)38)26-21-22-27-28(23-26)35-34(25-15-7-4-8-16-25)36-33(27)24-13-5-3-6-14-24;2*1-3-11-22(12-4-1)31-25-20-19-24(21-26(25)33-32(34-31)23-13-5-2-6-14-23)35-27-15-7-9-17-29(27)36-30-18-10-8-16-28(30)35/h2*3-23H,1-2H3;2*1-21H. The fourth-order valence-electron chi connectivity index (χ4n) is 21.0. The normalized spacial score (nSPS) is 12.9. The van der Waals surface area contributed by atoms with Gasteiger partial charge in [0.1, 0.15) is 8.07 Å². The quantitative estimate of drug-likeness (QED) is 0.108. The number of hydrogen-bond acceptors (Lipinski definition) is 14. The predicted molar refractivity (Wildman–Crippen MR) is 613 cm³/mol. The molecule has 28 rings (SSSR count). The molecule has 20 aromatic carbocycles. The molecular formula is C133H96N12OSSi. The number of nitrogens with zero attached hydrogens (tertiary/aromatic N) is 12. The van der Waals surface area contributed by atoms with Gasteiger partial charge in [-0.1, -0.05) is 403 Å². The molecule has 0 fully saturated rings. The van der Waals surface area contributed by atoms with E-state index in [1.807, 2.05) is 169 Å². The van der Waals surface area contributed by atoms with E-state index in [1.165, 1.54) is 65.4 Å². The lowest BCUT2D eigenvalue weighted by Crippen LogP contribution is -2.58. The van der Waals surface area contributed by atoms with Crippen molar-refractivity contribution in [3.05, 3.63) is 521 Å². The van der Waals surface area contributed by atoms with Crippen LogP contribution in [-0.2, 0) is 5.41 Å². The SMILES string of the molecule is CC1(C)c2ccccc2N(c2ccc3c(-c4ccccc4)nc(-c4ccccc4)nc3c2)c2ccccc21.C[Si]1(C)c2ccccc2N(c2ccc3c(-c4ccccc4)nc(-c4ccccc4)nc3c2)c2ccccc21.c1ccc(-c2nc(-c3ccccc3)c3ccc(N4c5ccccc5Oc5ccccc54)cc3n2)cc1.c1ccc(-c2nc(-c3ccccc3)c3ccc(N4c5ccccc5Sc5ccccc54)cc3n2)cc1. The van der Waals surface area contributed by atoms with Gasteiger partial charge in [0, 0.05) is 115 Å². The Hall–Kier alpha value is -18.7. The lowest BCUT2D eigenvalue weighted by atomic mass is 9.73. The number of fused-ring (bicyclic) bond motifs is 12. The number of benzene rings is 20. The van der Waals surface area contributed by atoms with Crippen LogP contribution in [0.5, 0.6) is 11.5 Å². The Kier molecular flexibility index (Phi) is 23.8. The molecule has 0 atom stereocenters. The van der Waals surface area contributed by atoms with Crippen LogP contribution < -0.4 is 34.7 Å². The Bertz CT molecular complexity index is 8420. The summed E-state index contributed by atoms with van der Waals surface area (Å²) in [6.45, 7) is 9.53. The lowest BCUT2D eigenvalue weighted by Gasteiger charge is -2.42. The first-order chi connectivity index (χ1) is 72.9. The van der Waals surface area contributed by atoms with Crippen molar-refractivity contribution in [2.45, 2.75) is 42.1 Å². The minimum atomic E-state index is -1.83. The van der Waals surface area contributed by atoms with Gasteiger partial charge < -0.3 is 24.3 Å². The van der Waals surface area contributed by atoms with Gasteiger partial charge in [0.2, 0.25) is 0 Å². The highest BCUT2D eigenvalue weighted by Crippen LogP contribution is 2.56. The van der Waals surface area contributed by atoms with Crippen LogP contribution in [0.3, 0.4) is 0 Å². The van der Waals surface area contributed by atoms with Crippen molar-refractivity contribution in [2.75, 3.05) is 19.6 Å². The van der Waals surface area contributed by atoms with Crippen molar-refractivity contribution >= 4 is 142 Å². The summed E-state index contributed by atoms with van der Waals surface area (Å²) in [6, 6.07) is 177. The third-order valence-corrected chi connectivity index (χ3v) is 32.9. The molecular weight excluding hydrogens is 1840 g/mol. The minimum absolute atomic E-state index is 0.0936. The van der Waals surface area contributed by atoms with E-state index in [-0.39, 0.29) is 5.41 Å². The molecule has 0 N–H and O–H groups in total. The molecule has 0 bridgehead atoms. The maximum Gasteiger partial charge on any atom is 0.160 e. The first-order valence-corrected chi connectivity index (χ1v) is 53.8. The molecule has 4 aliphatic heterocycles. The van der Waals surface area contributed by atoms with Crippen molar-refractivity contribution in [3.63, 3.8) is 0 Å². The van der Waals surface area contributed by atoms with Crippen LogP contribution in [0.25, 0.3) is 134 Å². The molecule has 24 aromatic rings. The fourth-order valence-corrected chi connectivity index (χ4v) is 25.1. The fraction of sp³-hybridized carbons (Fsp3) is 0.0376. The summed E-state index contributed by atoms with van der Waals surface area (Å²) in [7, 11) is -1.83. The van der Waals surface area contributed by atoms with Gasteiger partial charge in [0.25, 0.3) is 0 Å². The van der Waals surface area contributed by atoms with E-state index in [4.69, 9.17) is 44.6 Å². The molecule has 704 valence electrons. The highest BCUT2D eigenvalue weighted by atomic mass is 32.2. The van der Waals surface area contributed by atoms with Crippen molar-refractivity contribution in [1.29, 1.82) is 0 Å². The number of hydrogen-bond donors (Lipinski definition) is 0. The molecule has 148 heavy (non-hydrogen) atoms. The summed E-state index contributed by atoms with van der Waals surface area (Å²) >= 11 is 1.82. The van der Waals surface area contributed by atoms with E-state index >= 15 is 0 Å². The number of anilines is 12. The Morgan fingerprint density at radius 1 is 0.209 bits per heavy atom. The van der Waals surface area contributed by atoms with Crippen molar-refractivity contribution in [2.24, 2.45) is 0 Å². The molecule has 8 heterocycles. The summed E-state index contributed by atoms with van der Waals surface area (Å²) < 4.78 is 6.20. The Morgan fingerprint density at radius 3 is 0.736 bits per heavy atom. The summed E-state index contributed by atoms with van der Waals surface area (Å²) in [5.74, 6) is 4.57. The van der Waals surface area contributed by atoms with Crippen molar-refractivity contribution in [1.82, 2.24) is 39.9 Å². The maximum absolute atomic E-state index is 6.20. The van der Waals surface area contributed by atoms with Gasteiger partial charge in [-0.2, -0.15) is 0 Å². The monoisotopic (exact) mass is 1940 g/mol. The summed E-state index contributed by atoms with van der Waals surface area (Å²) in [4.78, 5) is 52.3. The van der Waals surface area contributed by atoms with Gasteiger partial charge in [-0.15, -0.1) is 0 Å². The second kappa shape index (κ2) is 38.9. The molecule has 0 unspecified atom stereocenters. The zero-order valence-corrected chi connectivity index (χ0v) is 83.5. The van der Waals surface area contributed by atoms with Crippen LogP contribution in [0.2, 0.25) is 13.1 Å². The van der Waals surface area contributed by atoms with E-state index in [1.54, 1.807) is 0 Å². The first-order valence-electron chi connectivity index (χ1n) is 49.9. The van der Waals surface area contributed by atoms with Crippen LogP contribution >= 0.6 is 11.8 Å². The van der Waals surface area contributed by atoms with E-state index in [0.717, 1.165) is 174 Å². The maximum atomic E-state index is 6.20. The van der Waals surface area contributed by atoms with Crippen LogP contribution in [0, 0.1) is 0 Å². The molecule has 15 heteroatoms. The van der Waals surface area contributed by atoms with E-state index < -0.39 is 8.07 Å². The highest BCUT2D eigenvalue weighted by Gasteiger charge is 2.40. The molecule has 4 aliphatic rings. The first kappa shape index (κ1) is 90.6. The van der Waals surface area contributed by atoms with Gasteiger partial charge in [-0.3, -0.25) is 0 Å². The summed E-state index contributed by atoms with van der Waals surface area (Å²) in [6.07, 6.45) is 0. The van der Waals surface area contributed by atoms with E-state index in [9.17, 15) is 0 Å². The van der Waals surface area contributed by atoms with Crippen LogP contribution in [0.4, 0.5) is 68.2 Å². The number of rotatable bonds is 12. The molecule has 0 amide bonds. The third-order valence-electron chi connectivity index (χ3n) is 28.2. The van der Waals surface area contributed by atoms with Gasteiger partial charge in [0.05, 0.1) is 79.0 Å². The van der Waals surface area contributed by atoms with Crippen molar-refractivity contribution in [3.8, 4) is 102 Å². The van der Waals surface area contributed by atoms with Crippen LogP contribution in [0.15, 0.2) is 519 Å². The van der Waals surface area contributed by atoms with E-state index in [2.05, 4.69) is 398 Å². The number of ether oxygens (including phenoxy) is 1. The topological polar surface area (TPSA) is 125 Å². The minimum Gasteiger partial charge on any atom is -0.453 e. The molecule has 0 saturated carbocycles. The van der Waals surface area contributed by atoms with Crippen LogP contribution in [-0.4, -0.2) is 47.9 Å². The molecule has 4 aromatic heterocycles. The predicted octanol–water partition coefficient (Wildman–Crippen LogP) is 34.1. The molecule has 0 aliphatic carbocycles. The van der Waals surface area contributed by atoms with Crippen LogP contribution in [0.1, 0.15) is 25.0 Å². The van der Waals surface area contributed by atoms with Gasteiger partial charge in [-0.25, -0.2) is 39.9 Å². The number of aromatic nitrogens is 8. The average molecular weight is 1940 g/mol. The highest BCUT2D eigenvalue weighted by molar-refractivity contribution is 7.99. The molecule has 0 radical (unpaired) electrons. The van der Waals surface area contributed by atoms with Gasteiger partial charge >= 0.3 is 0 Å². The lowest BCUT2D eigenvalue weighted by molar-refractivity contribution is 0.477. The second-order valence-corrected chi connectivity index (χ2v) is 43.5. The molecule has 13 nitrogen and oxygen atoms in total. The average Bonchev–Trinajstić information content (AvgIpc) is 0.724. The molecule has 0 saturated heterocycles. The third kappa shape index (κ3) is 17.0. The summed E-state index contributed by atoms with van der Waals surface area (Å²) in [5.41, 5.74) is 31.9. The Morgan fingerprint density at radius 2 is 0.432 bits per heavy atom. The largest absolute Gasteiger partial charge is 0.453 e. The van der Waals surface area contributed by atoms with Crippen molar-refractivity contribution < 1.29 is 4.74 Å². The second-order valence-electron chi connectivity index (χ2n) is 38.1. The zero-order valence-electron chi connectivity index (χ0n) is 81.7. The van der Waals surface area contributed by atoms with E-state index in [0.29, 0.717) is 5.82 Å². The summed E-state index contributed by atoms with van der Waals surface area (Å²) in [5, 5.41) is 7.05.